The number of fused-ring (bicyclic) bond motifs is 1. The Balaban J connectivity index is 2.18. The Morgan fingerprint density at radius 3 is 1.95 bits per heavy atom. The predicted octanol–water partition coefficient (Wildman–Crippen LogP) is 4.01. The highest BCUT2D eigenvalue weighted by atomic mass is 79.9. The van der Waals surface area contributed by atoms with Crippen molar-refractivity contribution in [3.63, 3.8) is 0 Å². The first-order chi connectivity index (χ1) is 9.91. The van der Waals surface area contributed by atoms with E-state index in [2.05, 4.69) is 15.9 Å². The fourth-order valence-electron chi connectivity index (χ4n) is 2.54. The average molecular weight is 348 g/mol. The smallest absolute Gasteiger partial charge is 0.266 e. The monoisotopic (exact) mass is 347 g/mol. The third-order valence-electron chi connectivity index (χ3n) is 3.62. The van der Waals surface area contributed by atoms with Crippen LogP contribution in [0.1, 0.15) is 31.8 Å². The molecule has 2 amide bonds. The quantitative estimate of drug-likeness (QED) is 0.731. The Morgan fingerprint density at radius 2 is 1.48 bits per heavy atom. The molecule has 0 aromatic heterocycles. The molecule has 0 saturated heterocycles. The molecular weight excluding hydrogens is 337 g/mol. The number of nitrogens with zero attached hydrogens (tertiary/aromatic N) is 1. The van der Waals surface area contributed by atoms with Crippen molar-refractivity contribution in [2.75, 3.05) is 4.90 Å². The lowest BCUT2D eigenvalue weighted by Crippen LogP contribution is -2.29. The van der Waals surface area contributed by atoms with Crippen LogP contribution >= 0.6 is 15.9 Å². The molecule has 3 nitrogen and oxygen atoms in total. The normalized spacial score (nSPS) is 13.8. The van der Waals surface area contributed by atoms with Gasteiger partial charge in [-0.25, -0.2) is 9.29 Å². The van der Waals surface area contributed by atoms with Crippen LogP contribution in [0.2, 0.25) is 0 Å². The van der Waals surface area contributed by atoms with E-state index in [1.54, 1.807) is 13.8 Å². The summed E-state index contributed by atoms with van der Waals surface area (Å²) in [6.07, 6.45) is 0. The third-order valence-corrected chi connectivity index (χ3v) is 4.23. The van der Waals surface area contributed by atoms with E-state index < -0.39 is 5.82 Å². The van der Waals surface area contributed by atoms with E-state index in [1.807, 2.05) is 12.1 Å². The summed E-state index contributed by atoms with van der Waals surface area (Å²) in [6.45, 7) is 3.60. The maximum absolute atomic E-state index is 13.3. The SMILES string of the molecule is Cc1ccc(C)c2c1C(=O)N(c1ccc(F)c(Br)c1)C2=O. The topological polar surface area (TPSA) is 37.4 Å². The number of anilines is 1. The molecule has 106 valence electrons. The number of benzene rings is 2. The zero-order valence-corrected chi connectivity index (χ0v) is 13.0. The van der Waals surface area contributed by atoms with Crippen LogP contribution in [0.5, 0.6) is 0 Å². The van der Waals surface area contributed by atoms with E-state index >= 15 is 0 Å². The summed E-state index contributed by atoms with van der Waals surface area (Å²) in [6, 6.07) is 7.73. The largest absolute Gasteiger partial charge is 0.268 e. The number of amides is 2. The van der Waals surface area contributed by atoms with Crippen LogP contribution in [0.4, 0.5) is 10.1 Å². The van der Waals surface area contributed by atoms with Crippen molar-refractivity contribution < 1.29 is 14.0 Å². The van der Waals surface area contributed by atoms with E-state index in [0.717, 1.165) is 16.0 Å². The van der Waals surface area contributed by atoms with E-state index in [9.17, 15) is 14.0 Å². The molecule has 0 bridgehead atoms. The van der Waals surface area contributed by atoms with Crippen LogP contribution < -0.4 is 4.90 Å². The molecule has 3 rings (SSSR count). The van der Waals surface area contributed by atoms with Crippen LogP contribution in [-0.4, -0.2) is 11.8 Å². The van der Waals surface area contributed by atoms with E-state index in [0.29, 0.717) is 16.8 Å². The fourth-order valence-corrected chi connectivity index (χ4v) is 2.90. The molecule has 1 heterocycles. The Hall–Kier alpha value is -2.01. The summed E-state index contributed by atoms with van der Waals surface area (Å²) in [7, 11) is 0. The zero-order valence-electron chi connectivity index (χ0n) is 11.4. The molecule has 5 heteroatoms. The van der Waals surface area contributed by atoms with Gasteiger partial charge in [0.1, 0.15) is 5.82 Å². The second-order valence-electron chi connectivity index (χ2n) is 4.99. The van der Waals surface area contributed by atoms with E-state index in [4.69, 9.17) is 0 Å². The first-order valence-electron chi connectivity index (χ1n) is 6.36. The van der Waals surface area contributed by atoms with Crippen LogP contribution in [0.15, 0.2) is 34.8 Å². The molecule has 0 fully saturated rings. The van der Waals surface area contributed by atoms with Gasteiger partial charge in [0, 0.05) is 0 Å². The highest BCUT2D eigenvalue weighted by Crippen LogP contribution is 2.33. The van der Waals surface area contributed by atoms with E-state index in [-0.39, 0.29) is 16.3 Å². The van der Waals surface area contributed by atoms with Gasteiger partial charge < -0.3 is 0 Å². The van der Waals surface area contributed by atoms with Crippen molar-refractivity contribution in [3.05, 3.63) is 62.9 Å². The maximum atomic E-state index is 13.3. The zero-order chi connectivity index (χ0) is 15.3. The van der Waals surface area contributed by atoms with Gasteiger partial charge in [-0.2, -0.15) is 0 Å². The molecule has 0 aliphatic carbocycles. The van der Waals surface area contributed by atoms with Crippen LogP contribution in [0.3, 0.4) is 0 Å². The molecule has 0 atom stereocenters. The molecule has 1 aliphatic heterocycles. The Kier molecular flexibility index (Phi) is 3.17. The molecule has 0 spiro atoms. The fraction of sp³-hybridized carbons (Fsp3) is 0.125. The number of rotatable bonds is 1. The van der Waals surface area contributed by atoms with Gasteiger partial charge in [0.15, 0.2) is 0 Å². The lowest BCUT2D eigenvalue weighted by atomic mass is 9.99. The summed E-state index contributed by atoms with van der Waals surface area (Å²) in [4.78, 5) is 26.2. The summed E-state index contributed by atoms with van der Waals surface area (Å²) in [5.74, 6) is -1.17. The number of hydrogen-bond acceptors (Lipinski definition) is 2. The van der Waals surface area contributed by atoms with Crippen molar-refractivity contribution in [3.8, 4) is 0 Å². The van der Waals surface area contributed by atoms with Gasteiger partial charge in [0.2, 0.25) is 0 Å². The average Bonchev–Trinajstić information content (AvgIpc) is 2.70. The molecule has 21 heavy (non-hydrogen) atoms. The molecule has 2 aromatic carbocycles. The lowest BCUT2D eigenvalue weighted by molar-refractivity contribution is 0.0926. The van der Waals surface area contributed by atoms with Gasteiger partial charge in [-0.05, 0) is 59.1 Å². The standard InChI is InChI=1S/C16H11BrFNO2/c1-8-3-4-9(2)14-13(8)15(20)19(16(14)21)10-5-6-12(18)11(17)7-10/h3-7H,1-2H3. The summed E-state index contributed by atoms with van der Waals surface area (Å²) >= 11 is 3.07. The second-order valence-corrected chi connectivity index (χ2v) is 5.85. The van der Waals surface area contributed by atoms with Gasteiger partial charge in [0.25, 0.3) is 11.8 Å². The summed E-state index contributed by atoms with van der Waals surface area (Å²) < 4.78 is 13.5. The molecule has 2 aromatic rings. The van der Waals surface area contributed by atoms with E-state index in [1.165, 1.54) is 18.2 Å². The Morgan fingerprint density at radius 1 is 0.952 bits per heavy atom. The summed E-state index contributed by atoms with van der Waals surface area (Å²) in [5.41, 5.74) is 2.74. The molecule has 0 unspecified atom stereocenters. The van der Waals surface area contributed by atoms with Crippen LogP contribution in [0, 0.1) is 19.7 Å². The predicted molar refractivity (Wildman–Crippen MR) is 81.2 cm³/mol. The number of aryl methyl sites for hydroxylation is 2. The maximum Gasteiger partial charge on any atom is 0.266 e. The van der Waals surface area contributed by atoms with Crippen molar-refractivity contribution in [2.45, 2.75) is 13.8 Å². The molecule has 0 N–H and O–H groups in total. The first kappa shape index (κ1) is 13.9. The minimum atomic E-state index is -0.442. The number of carbonyl (C=O) groups excluding carboxylic acids is 2. The number of hydrogen-bond donors (Lipinski definition) is 0. The van der Waals surface area contributed by atoms with Crippen molar-refractivity contribution in [2.24, 2.45) is 0 Å². The number of imide groups is 1. The molecular formula is C16H11BrFNO2. The first-order valence-corrected chi connectivity index (χ1v) is 7.15. The third kappa shape index (κ3) is 2.00. The molecule has 1 aliphatic rings. The Labute approximate surface area is 129 Å². The highest BCUT2D eigenvalue weighted by molar-refractivity contribution is 9.10. The minimum absolute atomic E-state index is 0.213. The van der Waals surface area contributed by atoms with Crippen LogP contribution in [0.25, 0.3) is 0 Å². The minimum Gasteiger partial charge on any atom is -0.268 e. The van der Waals surface area contributed by atoms with Crippen molar-refractivity contribution >= 4 is 33.4 Å². The highest BCUT2D eigenvalue weighted by Gasteiger charge is 2.39. The number of halogens is 2. The van der Waals surface area contributed by atoms with Gasteiger partial charge >= 0.3 is 0 Å². The van der Waals surface area contributed by atoms with Gasteiger partial charge in [-0.3, -0.25) is 9.59 Å². The molecule has 0 saturated carbocycles. The molecule has 0 radical (unpaired) electrons. The van der Waals surface area contributed by atoms with Crippen LogP contribution in [-0.2, 0) is 0 Å². The Bertz CT molecular complexity index is 760. The van der Waals surface area contributed by atoms with Crippen molar-refractivity contribution in [1.82, 2.24) is 0 Å². The van der Waals surface area contributed by atoms with Gasteiger partial charge in [-0.1, -0.05) is 12.1 Å². The summed E-state index contributed by atoms with van der Waals surface area (Å²) in [5, 5.41) is 0. The van der Waals surface area contributed by atoms with Gasteiger partial charge in [-0.15, -0.1) is 0 Å². The van der Waals surface area contributed by atoms with Crippen molar-refractivity contribution in [1.29, 1.82) is 0 Å². The second kappa shape index (κ2) is 4.77. The number of carbonyl (C=O) groups is 2. The van der Waals surface area contributed by atoms with Gasteiger partial charge in [0.05, 0.1) is 21.3 Å². The lowest BCUT2D eigenvalue weighted by Gasteiger charge is -2.14.